The molecule has 0 aliphatic rings. The number of ether oxygens (including phenoxy) is 1. The Morgan fingerprint density at radius 2 is 2.07 bits per heavy atom. The first-order valence-corrected chi connectivity index (χ1v) is 5.72. The molecular weight excluding hydrogens is 200 g/mol. The van der Waals surface area contributed by atoms with Crippen LogP contribution in [0.15, 0.2) is 36.9 Å². The molecule has 0 fully saturated rings. The van der Waals surface area contributed by atoms with E-state index >= 15 is 0 Å². The van der Waals surface area contributed by atoms with E-state index in [1.54, 1.807) is 0 Å². The Morgan fingerprint density at radius 1 is 1.40 bits per heavy atom. The van der Waals surface area contributed by atoms with Crippen molar-refractivity contribution in [2.45, 2.75) is 32.5 Å². The zero-order valence-electron chi connectivity index (χ0n) is 9.36. The SMILES string of the molecule is C=CCC(C)OC(C)c1ccccc1[Si]. The average Bonchev–Trinajstić information content (AvgIpc) is 2.18. The molecule has 2 unspecified atom stereocenters. The molecule has 0 heterocycles. The second kappa shape index (κ2) is 5.88. The van der Waals surface area contributed by atoms with Crippen molar-refractivity contribution in [2.24, 2.45) is 0 Å². The first kappa shape index (κ1) is 12.2. The molecule has 1 aromatic carbocycles. The van der Waals surface area contributed by atoms with Crippen LogP contribution in [0.1, 0.15) is 31.9 Å². The summed E-state index contributed by atoms with van der Waals surface area (Å²) >= 11 is 0. The molecule has 2 heteroatoms. The Balaban J connectivity index is 2.64. The summed E-state index contributed by atoms with van der Waals surface area (Å²) in [5.74, 6) is 0. The van der Waals surface area contributed by atoms with Gasteiger partial charge in [-0.15, -0.1) is 6.58 Å². The maximum atomic E-state index is 5.86. The van der Waals surface area contributed by atoms with E-state index in [9.17, 15) is 0 Å². The number of hydrogen-bond acceptors (Lipinski definition) is 1. The predicted octanol–water partition coefficient (Wildman–Crippen LogP) is 2.52. The van der Waals surface area contributed by atoms with Crippen molar-refractivity contribution in [1.82, 2.24) is 0 Å². The summed E-state index contributed by atoms with van der Waals surface area (Å²) < 4.78 is 5.86. The Hall–Kier alpha value is -0.863. The quantitative estimate of drug-likeness (QED) is 0.544. The summed E-state index contributed by atoms with van der Waals surface area (Å²) in [5.41, 5.74) is 1.19. The molecular formula is C13H17OSi. The largest absolute Gasteiger partial charge is 0.371 e. The second-order valence-corrected chi connectivity index (χ2v) is 4.24. The van der Waals surface area contributed by atoms with Crippen molar-refractivity contribution in [3.05, 3.63) is 42.5 Å². The Bertz CT molecular complexity index is 322. The number of benzene rings is 1. The molecule has 0 saturated heterocycles. The van der Waals surface area contributed by atoms with Crippen LogP contribution in [0.3, 0.4) is 0 Å². The molecule has 1 rings (SSSR count). The molecule has 2 atom stereocenters. The van der Waals surface area contributed by atoms with Gasteiger partial charge in [0.1, 0.15) is 0 Å². The lowest BCUT2D eigenvalue weighted by molar-refractivity contribution is 0.00967. The lowest BCUT2D eigenvalue weighted by atomic mass is 10.1. The van der Waals surface area contributed by atoms with Crippen molar-refractivity contribution in [3.63, 3.8) is 0 Å². The zero-order chi connectivity index (χ0) is 11.3. The minimum absolute atomic E-state index is 0.105. The summed E-state index contributed by atoms with van der Waals surface area (Å²) in [7, 11) is 3.58. The molecule has 0 saturated carbocycles. The van der Waals surface area contributed by atoms with Crippen LogP contribution in [0.5, 0.6) is 0 Å². The van der Waals surface area contributed by atoms with Gasteiger partial charge < -0.3 is 4.74 Å². The van der Waals surface area contributed by atoms with Gasteiger partial charge in [0.2, 0.25) is 0 Å². The maximum Gasteiger partial charge on any atom is 0.0799 e. The van der Waals surface area contributed by atoms with Gasteiger partial charge in [0, 0.05) is 0 Å². The van der Waals surface area contributed by atoms with E-state index in [0.717, 1.165) is 11.6 Å². The highest BCUT2D eigenvalue weighted by molar-refractivity contribution is 6.33. The highest BCUT2D eigenvalue weighted by Crippen LogP contribution is 2.17. The van der Waals surface area contributed by atoms with Gasteiger partial charge in [-0.2, -0.15) is 0 Å². The van der Waals surface area contributed by atoms with Gasteiger partial charge in [-0.3, -0.25) is 0 Å². The van der Waals surface area contributed by atoms with Crippen LogP contribution in [0.25, 0.3) is 0 Å². The van der Waals surface area contributed by atoms with Crippen LogP contribution < -0.4 is 5.19 Å². The average molecular weight is 217 g/mol. The van der Waals surface area contributed by atoms with Crippen molar-refractivity contribution < 1.29 is 4.74 Å². The monoisotopic (exact) mass is 217 g/mol. The summed E-state index contributed by atoms with van der Waals surface area (Å²) in [6.07, 6.45) is 3.09. The third-order valence-electron chi connectivity index (χ3n) is 2.33. The van der Waals surface area contributed by atoms with Gasteiger partial charge in [-0.25, -0.2) is 0 Å². The van der Waals surface area contributed by atoms with Gasteiger partial charge in [-0.05, 0) is 25.8 Å². The first-order chi connectivity index (χ1) is 7.15. The van der Waals surface area contributed by atoms with E-state index in [0.29, 0.717) is 0 Å². The fraction of sp³-hybridized carbons (Fsp3) is 0.385. The van der Waals surface area contributed by atoms with Gasteiger partial charge in [0.15, 0.2) is 0 Å². The molecule has 0 aliphatic heterocycles. The molecule has 0 bridgehead atoms. The first-order valence-electron chi connectivity index (χ1n) is 5.22. The van der Waals surface area contributed by atoms with E-state index in [4.69, 9.17) is 4.74 Å². The lowest BCUT2D eigenvalue weighted by Gasteiger charge is -2.20. The van der Waals surface area contributed by atoms with Crippen molar-refractivity contribution in [2.75, 3.05) is 0 Å². The summed E-state index contributed by atoms with van der Waals surface area (Å²) in [5, 5.41) is 1.09. The van der Waals surface area contributed by atoms with Crippen LogP contribution >= 0.6 is 0 Å². The molecule has 0 N–H and O–H groups in total. The van der Waals surface area contributed by atoms with Crippen molar-refractivity contribution in [3.8, 4) is 0 Å². The minimum atomic E-state index is 0.105. The normalized spacial score (nSPS) is 14.6. The third kappa shape index (κ3) is 3.65. The third-order valence-corrected chi connectivity index (χ3v) is 2.79. The molecule has 0 aromatic heterocycles. The Kier molecular flexibility index (Phi) is 4.79. The highest BCUT2D eigenvalue weighted by atomic mass is 28.1. The molecule has 0 amide bonds. The molecule has 3 radical (unpaired) electrons. The summed E-state index contributed by atoms with van der Waals surface area (Å²) in [6, 6.07) is 8.14. The molecule has 0 aliphatic carbocycles. The lowest BCUT2D eigenvalue weighted by Crippen LogP contribution is -2.18. The Morgan fingerprint density at radius 3 is 2.67 bits per heavy atom. The minimum Gasteiger partial charge on any atom is -0.371 e. The van der Waals surface area contributed by atoms with E-state index in [1.165, 1.54) is 5.56 Å². The molecule has 0 spiro atoms. The van der Waals surface area contributed by atoms with E-state index in [-0.39, 0.29) is 12.2 Å². The molecule has 79 valence electrons. The Labute approximate surface area is 95.6 Å². The topological polar surface area (TPSA) is 9.23 Å². The van der Waals surface area contributed by atoms with E-state index in [1.807, 2.05) is 24.3 Å². The summed E-state index contributed by atoms with van der Waals surface area (Å²) in [6.45, 7) is 7.84. The predicted molar refractivity (Wildman–Crippen MR) is 65.6 cm³/mol. The second-order valence-electron chi connectivity index (χ2n) is 3.70. The smallest absolute Gasteiger partial charge is 0.0799 e. The fourth-order valence-electron chi connectivity index (χ4n) is 1.56. The van der Waals surface area contributed by atoms with Crippen LogP contribution in [-0.4, -0.2) is 16.3 Å². The number of hydrogen-bond donors (Lipinski definition) is 0. The van der Waals surface area contributed by atoms with Crippen molar-refractivity contribution >= 4 is 15.4 Å². The highest BCUT2D eigenvalue weighted by Gasteiger charge is 2.11. The van der Waals surface area contributed by atoms with Crippen LogP contribution in [-0.2, 0) is 4.74 Å². The maximum absolute atomic E-state index is 5.86. The van der Waals surface area contributed by atoms with Crippen LogP contribution in [0, 0.1) is 0 Å². The summed E-state index contributed by atoms with van der Waals surface area (Å²) in [4.78, 5) is 0. The van der Waals surface area contributed by atoms with Gasteiger partial charge in [-0.1, -0.05) is 35.5 Å². The molecule has 15 heavy (non-hydrogen) atoms. The molecule has 1 aromatic rings. The van der Waals surface area contributed by atoms with Gasteiger partial charge in [0.05, 0.1) is 22.5 Å². The standard InChI is InChI=1S/C13H17OSi/c1-4-7-10(2)14-11(3)12-8-5-6-9-13(12)15/h4-6,8-11H,1,7H2,2-3H3. The molecule has 1 nitrogen and oxygen atoms in total. The van der Waals surface area contributed by atoms with Crippen LogP contribution in [0.2, 0.25) is 0 Å². The van der Waals surface area contributed by atoms with E-state index in [2.05, 4.69) is 36.7 Å². The zero-order valence-corrected chi connectivity index (χ0v) is 10.4. The van der Waals surface area contributed by atoms with Gasteiger partial charge in [0.25, 0.3) is 0 Å². The van der Waals surface area contributed by atoms with Crippen molar-refractivity contribution in [1.29, 1.82) is 0 Å². The van der Waals surface area contributed by atoms with Gasteiger partial charge >= 0.3 is 0 Å². The van der Waals surface area contributed by atoms with E-state index < -0.39 is 0 Å². The van der Waals surface area contributed by atoms with Crippen LogP contribution in [0.4, 0.5) is 0 Å². The number of rotatable bonds is 5. The fourth-order valence-corrected chi connectivity index (χ4v) is 1.95.